The Morgan fingerprint density at radius 3 is 2.53 bits per heavy atom. The van der Waals surface area contributed by atoms with E-state index in [1.54, 1.807) is 12.1 Å². The summed E-state index contributed by atoms with van der Waals surface area (Å²) in [6, 6.07) is 14.2. The standard InChI is InChI=1S/C27H33N3O3S/c1-18-3-2-4-23-21(17-30(25(18)23)22-9-10-22)16-29-13-11-27(33-28,12-14-29)15-24(34)19-5-7-20(8-6-19)26(31)32/h2-8,17,22,24,34H,9-16,28H2,1H3,(H,31,32). The monoisotopic (exact) mass is 479 g/mol. The van der Waals surface area contributed by atoms with Gasteiger partial charge in [-0.15, -0.1) is 0 Å². The van der Waals surface area contributed by atoms with Gasteiger partial charge in [0.1, 0.15) is 0 Å². The van der Waals surface area contributed by atoms with Crippen LogP contribution in [0.3, 0.4) is 0 Å². The Hall–Kier alpha value is -2.32. The van der Waals surface area contributed by atoms with Gasteiger partial charge in [0, 0.05) is 42.5 Å². The molecule has 5 rings (SSSR count). The number of thiol groups is 1. The molecule has 0 bridgehead atoms. The first-order valence-electron chi connectivity index (χ1n) is 12.1. The number of nitrogens with zero attached hydrogens (tertiary/aromatic N) is 2. The van der Waals surface area contributed by atoms with Gasteiger partial charge < -0.3 is 9.67 Å². The molecule has 2 heterocycles. The van der Waals surface area contributed by atoms with Crippen LogP contribution < -0.4 is 5.90 Å². The Morgan fingerprint density at radius 2 is 1.91 bits per heavy atom. The number of aryl methyl sites for hydroxylation is 1. The summed E-state index contributed by atoms with van der Waals surface area (Å²) in [6.07, 6.45) is 7.31. The van der Waals surface area contributed by atoms with E-state index in [0.29, 0.717) is 12.5 Å². The largest absolute Gasteiger partial charge is 0.478 e. The number of carbonyl (C=O) groups is 1. The molecule has 2 aliphatic rings. The Balaban J connectivity index is 1.25. The number of carboxylic acid groups (broad SMARTS) is 1. The van der Waals surface area contributed by atoms with Crippen molar-refractivity contribution in [3.8, 4) is 0 Å². The van der Waals surface area contributed by atoms with Crippen molar-refractivity contribution in [1.82, 2.24) is 9.47 Å². The number of aromatic nitrogens is 1. The fourth-order valence-corrected chi connectivity index (χ4v) is 5.88. The van der Waals surface area contributed by atoms with Crippen LogP contribution in [-0.2, 0) is 11.4 Å². The lowest BCUT2D eigenvalue weighted by Crippen LogP contribution is -2.47. The van der Waals surface area contributed by atoms with Crippen LogP contribution in [-0.4, -0.2) is 39.2 Å². The molecule has 180 valence electrons. The molecule has 0 amide bonds. The summed E-state index contributed by atoms with van der Waals surface area (Å²) in [5.41, 5.74) is 4.98. The maximum atomic E-state index is 11.1. The van der Waals surface area contributed by atoms with Crippen LogP contribution in [0.15, 0.2) is 48.7 Å². The van der Waals surface area contributed by atoms with E-state index in [1.807, 2.05) is 12.1 Å². The van der Waals surface area contributed by atoms with Gasteiger partial charge in [-0.1, -0.05) is 30.3 Å². The molecule has 3 N–H and O–H groups in total. The smallest absolute Gasteiger partial charge is 0.335 e. The van der Waals surface area contributed by atoms with E-state index in [9.17, 15) is 4.79 Å². The highest BCUT2D eigenvalue weighted by atomic mass is 32.1. The summed E-state index contributed by atoms with van der Waals surface area (Å²) in [7, 11) is 0. The number of benzene rings is 2. The number of rotatable bonds is 8. The summed E-state index contributed by atoms with van der Waals surface area (Å²) in [5.74, 6) is 4.90. The van der Waals surface area contributed by atoms with E-state index in [2.05, 4.69) is 40.8 Å². The van der Waals surface area contributed by atoms with Gasteiger partial charge in [-0.2, -0.15) is 12.6 Å². The highest BCUT2D eigenvalue weighted by molar-refractivity contribution is 7.80. The Morgan fingerprint density at radius 1 is 1.21 bits per heavy atom. The van der Waals surface area contributed by atoms with Gasteiger partial charge in [-0.05, 0) is 67.9 Å². The highest BCUT2D eigenvalue weighted by Crippen LogP contribution is 2.41. The second-order valence-corrected chi connectivity index (χ2v) is 10.6. The number of fused-ring (bicyclic) bond motifs is 1. The van der Waals surface area contributed by atoms with Gasteiger partial charge in [0.05, 0.1) is 16.7 Å². The third-order valence-corrected chi connectivity index (χ3v) is 8.08. The molecule has 0 spiro atoms. The maximum absolute atomic E-state index is 11.1. The second kappa shape index (κ2) is 9.38. The van der Waals surface area contributed by atoms with Crippen molar-refractivity contribution in [1.29, 1.82) is 0 Å². The number of para-hydroxylation sites is 1. The molecule has 2 fully saturated rings. The lowest BCUT2D eigenvalue weighted by Gasteiger charge is -2.41. The zero-order valence-corrected chi connectivity index (χ0v) is 20.5. The average Bonchev–Trinajstić information content (AvgIpc) is 3.63. The molecule has 7 heteroatoms. The number of hydrogen-bond donors (Lipinski definition) is 3. The molecular formula is C27H33N3O3S. The highest BCUT2D eigenvalue weighted by Gasteiger charge is 2.37. The SMILES string of the molecule is Cc1cccc2c(CN3CCC(CC(S)c4ccc(C(=O)O)cc4)(ON)CC3)cn(C3CC3)c12. The van der Waals surface area contributed by atoms with Crippen LogP contribution in [0.1, 0.15) is 70.4 Å². The molecule has 6 nitrogen and oxygen atoms in total. The van der Waals surface area contributed by atoms with Crippen LogP contribution in [0, 0.1) is 6.92 Å². The number of aromatic carboxylic acids is 1. The fraction of sp³-hybridized carbons (Fsp3) is 0.444. The number of nitrogens with two attached hydrogens (primary N) is 1. The van der Waals surface area contributed by atoms with Gasteiger partial charge in [-0.3, -0.25) is 9.74 Å². The molecule has 1 aliphatic heterocycles. The maximum Gasteiger partial charge on any atom is 0.335 e. The molecular weight excluding hydrogens is 446 g/mol. The minimum Gasteiger partial charge on any atom is -0.478 e. The van der Waals surface area contributed by atoms with Crippen molar-refractivity contribution in [3.05, 3.63) is 70.9 Å². The molecule has 1 aromatic heterocycles. The number of likely N-dealkylation sites (tertiary alicyclic amines) is 1. The normalized spacial score (nSPS) is 19.4. The first kappa shape index (κ1) is 23.4. The summed E-state index contributed by atoms with van der Waals surface area (Å²) in [4.78, 5) is 19.2. The van der Waals surface area contributed by atoms with Crippen molar-refractivity contribution in [2.75, 3.05) is 13.1 Å². The van der Waals surface area contributed by atoms with Crippen LogP contribution in [0.4, 0.5) is 0 Å². The van der Waals surface area contributed by atoms with E-state index < -0.39 is 11.6 Å². The van der Waals surface area contributed by atoms with E-state index in [0.717, 1.165) is 38.0 Å². The lowest BCUT2D eigenvalue weighted by molar-refractivity contribution is -0.0928. The lowest BCUT2D eigenvalue weighted by atomic mass is 9.85. The predicted octanol–water partition coefficient (Wildman–Crippen LogP) is 5.27. The van der Waals surface area contributed by atoms with Gasteiger partial charge in [-0.25, -0.2) is 10.7 Å². The van der Waals surface area contributed by atoms with Gasteiger partial charge >= 0.3 is 5.97 Å². The predicted molar refractivity (Wildman–Crippen MR) is 137 cm³/mol. The molecule has 34 heavy (non-hydrogen) atoms. The fourth-order valence-electron chi connectivity index (χ4n) is 5.38. The van der Waals surface area contributed by atoms with E-state index in [-0.39, 0.29) is 10.8 Å². The topological polar surface area (TPSA) is 80.7 Å². The Kier molecular flexibility index (Phi) is 6.46. The van der Waals surface area contributed by atoms with Crippen LogP contribution in [0.5, 0.6) is 0 Å². The minimum absolute atomic E-state index is 0.0718. The first-order valence-corrected chi connectivity index (χ1v) is 12.6. The summed E-state index contributed by atoms with van der Waals surface area (Å²) in [5, 5.41) is 10.4. The zero-order valence-electron chi connectivity index (χ0n) is 19.6. The van der Waals surface area contributed by atoms with Gasteiger partial charge in [0.15, 0.2) is 0 Å². The zero-order chi connectivity index (χ0) is 23.9. The summed E-state index contributed by atoms with van der Waals surface area (Å²) >= 11 is 4.80. The molecule has 0 radical (unpaired) electrons. The van der Waals surface area contributed by atoms with Crippen molar-refractivity contribution in [3.63, 3.8) is 0 Å². The third kappa shape index (κ3) is 4.62. The number of carboxylic acids is 1. The van der Waals surface area contributed by atoms with Crippen LogP contribution in [0.2, 0.25) is 0 Å². The van der Waals surface area contributed by atoms with E-state index in [4.69, 9.17) is 28.5 Å². The Labute approximate surface area is 206 Å². The number of piperidine rings is 1. The van der Waals surface area contributed by atoms with E-state index in [1.165, 1.54) is 34.9 Å². The van der Waals surface area contributed by atoms with Crippen molar-refractivity contribution in [2.24, 2.45) is 5.90 Å². The second-order valence-electron chi connectivity index (χ2n) is 9.99. The van der Waals surface area contributed by atoms with Crippen molar-refractivity contribution < 1.29 is 14.7 Å². The van der Waals surface area contributed by atoms with Crippen molar-refractivity contribution in [2.45, 2.75) is 62.5 Å². The summed E-state index contributed by atoms with van der Waals surface area (Å²) in [6.45, 7) is 4.97. The molecule has 2 aromatic carbocycles. The Bertz CT molecular complexity index is 1180. The third-order valence-electron chi connectivity index (χ3n) is 7.60. The van der Waals surface area contributed by atoms with Crippen LogP contribution >= 0.6 is 12.6 Å². The average molecular weight is 480 g/mol. The van der Waals surface area contributed by atoms with Gasteiger partial charge in [0.25, 0.3) is 0 Å². The molecule has 1 unspecified atom stereocenters. The number of hydrogen-bond acceptors (Lipinski definition) is 5. The molecule has 1 atom stereocenters. The summed E-state index contributed by atoms with van der Waals surface area (Å²) < 4.78 is 2.50. The molecule has 1 saturated heterocycles. The first-order chi connectivity index (χ1) is 16.4. The van der Waals surface area contributed by atoms with Crippen molar-refractivity contribution >= 4 is 29.5 Å². The molecule has 3 aromatic rings. The van der Waals surface area contributed by atoms with Gasteiger partial charge in [0.2, 0.25) is 0 Å². The quantitative estimate of drug-likeness (QED) is 0.303. The van der Waals surface area contributed by atoms with Crippen LogP contribution in [0.25, 0.3) is 10.9 Å². The molecule has 1 aliphatic carbocycles. The molecule has 1 saturated carbocycles. The minimum atomic E-state index is -0.924. The van der Waals surface area contributed by atoms with E-state index >= 15 is 0 Å².